The van der Waals surface area contributed by atoms with Crippen LogP contribution in [0.2, 0.25) is 0 Å². The molecule has 21 heavy (non-hydrogen) atoms. The zero-order chi connectivity index (χ0) is 15.6. The highest BCUT2D eigenvalue weighted by atomic mass is 32.2. The maximum absolute atomic E-state index is 13.6. The Morgan fingerprint density at radius 3 is 2.43 bits per heavy atom. The molecule has 1 heterocycles. The van der Waals surface area contributed by atoms with E-state index in [0.717, 1.165) is 24.3 Å². The third-order valence-corrected chi connectivity index (χ3v) is 3.63. The fourth-order valence-corrected chi connectivity index (χ4v) is 2.50. The molecule has 2 rings (SSSR count). The van der Waals surface area contributed by atoms with Gasteiger partial charge in [0, 0.05) is 6.54 Å². The average Bonchev–Trinajstić information content (AvgIpc) is 2.42. The van der Waals surface area contributed by atoms with Crippen LogP contribution in [0.15, 0.2) is 40.3 Å². The molecule has 2 nitrogen and oxygen atoms in total. The van der Waals surface area contributed by atoms with E-state index >= 15 is 0 Å². The molecule has 0 fully saturated rings. The van der Waals surface area contributed by atoms with Crippen molar-refractivity contribution in [1.29, 1.82) is 0 Å². The zero-order valence-electron chi connectivity index (χ0n) is 10.4. The lowest BCUT2D eigenvalue weighted by molar-refractivity contribution is -0.141. The van der Waals surface area contributed by atoms with E-state index in [1.54, 1.807) is 0 Å². The van der Waals surface area contributed by atoms with Gasteiger partial charge in [-0.2, -0.15) is 13.2 Å². The number of pyridine rings is 1. The molecule has 1 aromatic heterocycles. The minimum Gasteiger partial charge on any atom is -0.326 e. The van der Waals surface area contributed by atoms with Crippen LogP contribution in [0.25, 0.3) is 0 Å². The minimum absolute atomic E-state index is 0.0651. The van der Waals surface area contributed by atoms with Gasteiger partial charge in [-0.05, 0) is 29.8 Å². The van der Waals surface area contributed by atoms with Crippen molar-refractivity contribution < 1.29 is 22.0 Å². The van der Waals surface area contributed by atoms with Crippen LogP contribution in [0.5, 0.6) is 0 Å². The Labute approximate surface area is 121 Å². The van der Waals surface area contributed by atoms with Crippen LogP contribution in [-0.4, -0.2) is 4.98 Å². The van der Waals surface area contributed by atoms with E-state index < -0.39 is 23.5 Å². The van der Waals surface area contributed by atoms with E-state index in [2.05, 4.69) is 4.98 Å². The Hall–Kier alpha value is -1.67. The first-order chi connectivity index (χ1) is 9.81. The summed E-state index contributed by atoms with van der Waals surface area (Å²) in [5.41, 5.74) is 4.63. The van der Waals surface area contributed by atoms with Crippen LogP contribution >= 0.6 is 11.8 Å². The molecular weight excluding hydrogens is 311 g/mol. The number of aromatic nitrogens is 1. The van der Waals surface area contributed by atoms with Crippen molar-refractivity contribution in [3.63, 3.8) is 0 Å². The average molecular weight is 320 g/mol. The van der Waals surface area contributed by atoms with Crippen molar-refractivity contribution in [3.8, 4) is 0 Å². The lowest BCUT2D eigenvalue weighted by atomic mass is 10.2. The summed E-state index contributed by atoms with van der Waals surface area (Å²) in [4.78, 5) is 3.29. The van der Waals surface area contributed by atoms with Crippen molar-refractivity contribution >= 4 is 11.8 Å². The number of nitrogens with two attached hydrogens (primary N) is 1. The molecule has 0 aliphatic carbocycles. The highest BCUT2D eigenvalue weighted by Gasteiger charge is 2.33. The van der Waals surface area contributed by atoms with Gasteiger partial charge < -0.3 is 5.73 Å². The second kappa shape index (κ2) is 5.98. The molecule has 2 aromatic rings. The number of rotatable bonds is 3. The van der Waals surface area contributed by atoms with Crippen LogP contribution in [-0.2, 0) is 12.7 Å². The topological polar surface area (TPSA) is 38.9 Å². The molecule has 2 N–H and O–H groups in total. The van der Waals surface area contributed by atoms with Crippen LogP contribution in [0.1, 0.15) is 11.3 Å². The van der Waals surface area contributed by atoms with E-state index in [-0.39, 0.29) is 16.5 Å². The van der Waals surface area contributed by atoms with Gasteiger partial charge in [-0.1, -0.05) is 17.8 Å². The van der Waals surface area contributed by atoms with Gasteiger partial charge in [0.1, 0.15) is 22.4 Å². The number of nitrogens with zero attached hydrogens (tertiary/aromatic N) is 1. The highest BCUT2D eigenvalue weighted by molar-refractivity contribution is 7.99. The predicted molar refractivity (Wildman–Crippen MR) is 67.6 cm³/mol. The first kappa shape index (κ1) is 15.7. The number of alkyl halides is 3. The zero-order valence-corrected chi connectivity index (χ0v) is 11.2. The molecule has 0 saturated heterocycles. The minimum atomic E-state index is -4.62. The summed E-state index contributed by atoms with van der Waals surface area (Å²) in [6, 6.07) is 4.68. The second-order valence-electron chi connectivity index (χ2n) is 4.04. The SMILES string of the molecule is NCc1ccc(C(F)(F)F)nc1Sc1cc(F)ccc1F. The molecule has 1 aromatic carbocycles. The molecule has 0 atom stereocenters. The largest absolute Gasteiger partial charge is 0.433 e. The van der Waals surface area contributed by atoms with Gasteiger partial charge >= 0.3 is 6.18 Å². The molecular formula is C13H9F5N2S. The van der Waals surface area contributed by atoms with Gasteiger partial charge in [-0.15, -0.1) is 0 Å². The van der Waals surface area contributed by atoms with E-state index in [0.29, 0.717) is 17.3 Å². The summed E-state index contributed by atoms with van der Waals surface area (Å²) in [5, 5.41) is -0.100. The van der Waals surface area contributed by atoms with Crippen molar-refractivity contribution in [1.82, 2.24) is 4.98 Å². The summed E-state index contributed by atoms with van der Waals surface area (Å²) < 4.78 is 64.6. The number of hydrogen-bond acceptors (Lipinski definition) is 3. The van der Waals surface area contributed by atoms with Gasteiger partial charge in [0.25, 0.3) is 0 Å². The first-order valence-electron chi connectivity index (χ1n) is 5.71. The maximum Gasteiger partial charge on any atom is 0.433 e. The number of benzene rings is 1. The van der Waals surface area contributed by atoms with E-state index in [9.17, 15) is 22.0 Å². The van der Waals surface area contributed by atoms with Crippen LogP contribution in [0.4, 0.5) is 22.0 Å². The summed E-state index contributed by atoms with van der Waals surface area (Å²) in [5.74, 6) is -1.44. The smallest absolute Gasteiger partial charge is 0.326 e. The van der Waals surface area contributed by atoms with E-state index in [4.69, 9.17) is 5.73 Å². The maximum atomic E-state index is 13.6. The fourth-order valence-electron chi connectivity index (χ4n) is 1.53. The fraction of sp³-hybridized carbons (Fsp3) is 0.154. The highest BCUT2D eigenvalue weighted by Crippen LogP contribution is 2.35. The number of hydrogen-bond donors (Lipinski definition) is 1. The molecule has 0 amide bonds. The number of halogens is 5. The Morgan fingerprint density at radius 1 is 1.10 bits per heavy atom. The molecule has 0 spiro atoms. The Bertz CT molecular complexity index is 657. The van der Waals surface area contributed by atoms with Gasteiger partial charge in [0.15, 0.2) is 0 Å². The molecule has 0 saturated carbocycles. The standard InChI is InChI=1S/C13H9F5N2S/c14-8-2-3-9(15)10(5-8)21-12-7(6-19)1-4-11(20-12)13(16,17)18/h1-5H,6,19H2. The molecule has 8 heteroatoms. The van der Waals surface area contributed by atoms with Crippen LogP contribution in [0.3, 0.4) is 0 Å². The third-order valence-electron chi connectivity index (χ3n) is 2.55. The van der Waals surface area contributed by atoms with Gasteiger partial charge in [-0.25, -0.2) is 13.8 Å². The van der Waals surface area contributed by atoms with Crippen molar-refractivity contribution in [2.45, 2.75) is 22.6 Å². The molecule has 0 unspecified atom stereocenters. The molecule has 0 radical (unpaired) electrons. The van der Waals surface area contributed by atoms with Gasteiger partial charge in [-0.3, -0.25) is 0 Å². The summed E-state index contributed by atoms with van der Waals surface area (Å²) >= 11 is 0.604. The van der Waals surface area contributed by atoms with E-state index in [1.165, 1.54) is 6.07 Å². The molecule has 0 aliphatic heterocycles. The normalized spacial score (nSPS) is 11.7. The van der Waals surface area contributed by atoms with Crippen molar-refractivity contribution in [2.24, 2.45) is 5.73 Å². The lowest BCUT2D eigenvalue weighted by Crippen LogP contribution is -2.10. The first-order valence-corrected chi connectivity index (χ1v) is 6.53. The van der Waals surface area contributed by atoms with Crippen LogP contribution < -0.4 is 5.73 Å². The summed E-state index contributed by atoms with van der Waals surface area (Å²) in [6.45, 7) is -0.0651. The van der Waals surface area contributed by atoms with Crippen LogP contribution in [0, 0.1) is 11.6 Å². The Kier molecular flexibility index (Phi) is 4.48. The second-order valence-corrected chi connectivity index (χ2v) is 5.07. The Balaban J connectivity index is 2.44. The lowest BCUT2D eigenvalue weighted by Gasteiger charge is -2.11. The van der Waals surface area contributed by atoms with Gasteiger partial charge in [0.05, 0.1) is 4.90 Å². The molecule has 0 aliphatic rings. The van der Waals surface area contributed by atoms with Gasteiger partial charge in [0.2, 0.25) is 0 Å². The summed E-state index contributed by atoms with van der Waals surface area (Å²) in [7, 11) is 0. The molecule has 0 bridgehead atoms. The van der Waals surface area contributed by atoms with Crippen molar-refractivity contribution in [2.75, 3.05) is 0 Å². The molecule has 112 valence electrons. The van der Waals surface area contributed by atoms with Crippen molar-refractivity contribution in [3.05, 3.63) is 53.2 Å². The quantitative estimate of drug-likeness (QED) is 0.869. The third kappa shape index (κ3) is 3.70. The van der Waals surface area contributed by atoms with E-state index in [1.807, 2.05) is 0 Å². The predicted octanol–water partition coefficient (Wildman–Crippen LogP) is 3.99. The summed E-state index contributed by atoms with van der Waals surface area (Å²) in [6.07, 6.45) is -4.62. The Morgan fingerprint density at radius 2 is 1.81 bits per heavy atom. The monoisotopic (exact) mass is 320 g/mol.